The van der Waals surface area contributed by atoms with Gasteiger partial charge in [-0.3, -0.25) is 4.99 Å². The molecule has 0 radical (unpaired) electrons. The monoisotopic (exact) mass is 261 g/mol. The minimum Gasteiger partial charge on any atom is -0.354 e. The van der Waals surface area contributed by atoms with Crippen LogP contribution in [0.3, 0.4) is 0 Å². The molecular weight excluding hydrogens is 238 g/mol. The third-order valence-electron chi connectivity index (χ3n) is 4.58. The van der Waals surface area contributed by atoms with Gasteiger partial charge in [-0.15, -0.1) is 0 Å². The lowest BCUT2D eigenvalue weighted by Crippen LogP contribution is -2.43. The van der Waals surface area contributed by atoms with Gasteiger partial charge in [0, 0.05) is 45.6 Å². The quantitative estimate of drug-likeness (QED) is 0.659. The summed E-state index contributed by atoms with van der Waals surface area (Å²) in [6.07, 6.45) is 11.2. The van der Waals surface area contributed by atoms with Crippen LogP contribution in [0, 0.1) is 5.41 Å². The Morgan fingerprint density at radius 1 is 1.42 bits per heavy atom. The molecule has 1 saturated carbocycles. The van der Waals surface area contributed by atoms with Crippen LogP contribution >= 0.6 is 0 Å². The average molecular weight is 261 g/mol. The van der Waals surface area contributed by atoms with Gasteiger partial charge in [0.2, 0.25) is 0 Å². The van der Waals surface area contributed by atoms with Crippen LogP contribution in [0.15, 0.2) is 23.7 Å². The van der Waals surface area contributed by atoms with Crippen molar-refractivity contribution in [2.75, 3.05) is 26.7 Å². The van der Waals surface area contributed by atoms with Gasteiger partial charge in [0.1, 0.15) is 0 Å². The maximum Gasteiger partial charge on any atom is 0.193 e. The number of aliphatic imine (C=N–C) groups is 1. The molecule has 5 nitrogen and oxygen atoms in total. The Morgan fingerprint density at radius 3 is 2.89 bits per heavy atom. The smallest absolute Gasteiger partial charge is 0.193 e. The van der Waals surface area contributed by atoms with Gasteiger partial charge in [0.05, 0.1) is 6.33 Å². The molecule has 1 N–H and O–H groups in total. The molecule has 0 unspecified atom stereocenters. The molecule has 19 heavy (non-hydrogen) atoms. The lowest BCUT2D eigenvalue weighted by atomic mass is 9.68. The maximum absolute atomic E-state index is 4.42. The van der Waals surface area contributed by atoms with E-state index in [1.807, 2.05) is 25.8 Å². The predicted molar refractivity (Wildman–Crippen MR) is 76.1 cm³/mol. The summed E-state index contributed by atoms with van der Waals surface area (Å²) in [4.78, 5) is 10.9. The zero-order valence-corrected chi connectivity index (χ0v) is 11.7. The van der Waals surface area contributed by atoms with E-state index in [4.69, 9.17) is 0 Å². The van der Waals surface area contributed by atoms with Crippen LogP contribution in [0.2, 0.25) is 0 Å². The molecule has 2 aliphatic rings. The topological polar surface area (TPSA) is 45.5 Å². The minimum atomic E-state index is 0.627. The maximum atomic E-state index is 4.42. The highest BCUT2D eigenvalue weighted by Crippen LogP contribution is 2.47. The van der Waals surface area contributed by atoms with Crippen LogP contribution in [0.1, 0.15) is 25.7 Å². The van der Waals surface area contributed by atoms with Crippen molar-refractivity contribution in [1.82, 2.24) is 19.8 Å². The zero-order chi connectivity index (χ0) is 13.1. The van der Waals surface area contributed by atoms with E-state index >= 15 is 0 Å². The largest absolute Gasteiger partial charge is 0.354 e. The van der Waals surface area contributed by atoms with E-state index < -0.39 is 0 Å². The second-order valence-corrected chi connectivity index (χ2v) is 5.80. The molecule has 1 aromatic heterocycles. The van der Waals surface area contributed by atoms with Gasteiger partial charge in [0.25, 0.3) is 0 Å². The molecule has 3 rings (SSSR count). The Kier molecular flexibility index (Phi) is 3.44. The summed E-state index contributed by atoms with van der Waals surface area (Å²) in [6, 6.07) is 0. The fraction of sp³-hybridized carbons (Fsp3) is 0.714. The Balaban J connectivity index is 1.48. The van der Waals surface area contributed by atoms with Gasteiger partial charge >= 0.3 is 0 Å². The third kappa shape index (κ3) is 2.60. The highest BCUT2D eigenvalue weighted by Gasteiger charge is 2.43. The summed E-state index contributed by atoms with van der Waals surface area (Å²) >= 11 is 0. The van der Waals surface area contributed by atoms with Crippen molar-refractivity contribution in [3.63, 3.8) is 0 Å². The molecule has 1 aliphatic carbocycles. The van der Waals surface area contributed by atoms with Gasteiger partial charge in [-0.05, 0) is 24.7 Å². The van der Waals surface area contributed by atoms with Gasteiger partial charge < -0.3 is 14.8 Å². The zero-order valence-electron chi connectivity index (χ0n) is 11.7. The molecule has 0 aromatic carbocycles. The molecule has 1 saturated heterocycles. The minimum absolute atomic E-state index is 0.627. The first-order valence-corrected chi connectivity index (χ1v) is 7.23. The molecule has 104 valence electrons. The summed E-state index contributed by atoms with van der Waals surface area (Å²) in [7, 11) is 1.88. The first-order valence-electron chi connectivity index (χ1n) is 7.23. The fourth-order valence-electron chi connectivity index (χ4n) is 3.25. The Bertz CT molecular complexity index is 433. The molecule has 0 bridgehead atoms. The molecule has 2 heterocycles. The van der Waals surface area contributed by atoms with E-state index in [1.54, 1.807) is 0 Å². The van der Waals surface area contributed by atoms with E-state index in [0.717, 1.165) is 25.6 Å². The van der Waals surface area contributed by atoms with E-state index in [2.05, 4.69) is 24.8 Å². The van der Waals surface area contributed by atoms with E-state index in [0.29, 0.717) is 5.41 Å². The lowest BCUT2D eigenvalue weighted by Gasteiger charge is -2.38. The first kappa shape index (κ1) is 12.5. The molecule has 1 aliphatic heterocycles. The van der Waals surface area contributed by atoms with Crippen molar-refractivity contribution in [1.29, 1.82) is 0 Å². The second-order valence-electron chi connectivity index (χ2n) is 5.80. The highest BCUT2D eigenvalue weighted by molar-refractivity contribution is 5.80. The van der Waals surface area contributed by atoms with Gasteiger partial charge in [0.15, 0.2) is 5.96 Å². The summed E-state index contributed by atoms with van der Waals surface area (Å²) in [5.41, 5.74) is 0.627. The number of likely N-dealkylation sites (tertiary alicyclic amines) is 1. The van der Waals surface area contributed by atoms with Gasteiger partial charge in [-0.2, -0.15) is 0 Å². The lowest BCUT2D eigenvalue weighted by molar-refractivity contribution is 0.151. The van der Waals surface area contributed by atoms with E-state index in [9.17, 15) is 0 Å². The average Bonchev–Trinajstić information content (AvgIpc) is 3.03. The molecule has 0 amide bonds. The number of hydrogen-bond acceptors (Lipinski definition) is 2. The molecular formula is C14H23N5. The van der Waals surface area contributed by atoms with Gasteiger partial charge in [-0.1, -0.05) is 6.42 Å². The number of guanidine groups is 1. The van der Waals surface area contributed by atoms with Gasteiger partial charge in [-0.25, -0.2) is 4.98 Å². The number of aromatic nitrogens is 2. The van der Waals surface area contributed by atoms with Crippen molar-refractivity contribution in [2.45, 2.75) is 32.2 Å². The standard InChI is InChI=1S/C14H23N5/c1-15-13(17-7-10-18-9-6-16-12-18)19-8-5-14(11-19)3-2-4-14/h6,9,12H,2-5,7-8,10-11H2,1H3,(H,15,17). The van der Waals surface area contributed by atoms with Crippen LogP contribution in [0.5, 0.6) is 0 Å². The van der Waals surface area contributed by atoms with Crippen LogP contribution in [0.25, 0.3) is 0 Å². The van der Waals surface area contributed by atoms with Crippen LogP contribution < -0.4 is 5.32 Å². The van der Waals surface area contributed by atoms with E-state index in [-0.39, 0.29) is 0 Å². The number of rotatable bonds is 3. The number of nitrogens with zero attached hydrogens (tertiary/aromatic N) is 4. The van der Waals surface area contributed by atoms with Crippen LogP contribution in [-0.2, 0) is 6.54 Å². The Hall–Kier alpha value is -1.52. The molecule has 1 aromatic rings. The van der Waals surface area contributed by atoms with Crippen LogP contribution in [-0.4, -0.2) is 47.1 Å². The predicted octanol–water partition coefficient (Wildman–Crippen LogP) is 1.33. The number of hydrogen-bond donors (Lipinski definition) is 1. The van der Waals surface area contributed by atoms with Crippen molar-refractivity contribution >= 4 is 5.96 Å². The van der Waals surface area contributed by atoms with E-state index in [1.165, 1.54) is 32.2 Å². The summed E-state index contributed by atoms with van der Waals surface area (Å²) in [5, 5.41) is 3.46. The molecule has 2 fully saturated rings. The number of nitrogens with one attached hydrogen (secondary N) is 1. The first-order chi connectivity index (χ1) is 9.31. The Labute approximate surface area is 114 Å². The summed E-state index contributed by atoms with van der Waals surface area (Å²) < 4.78 is 2.08. The highest BCUT2D eigenvalue weighted by atomic mass is 15.3. The second kappa shape index (κ2) is 5.23. The molecule has 0 atom stereocenters. The molecule has 1 spiro atoms. The Morgan fingerprint density at radius 2 is 2.32 bits per heavy atom. The molecule has 5 heteroatoms. The summed E-state index contributed by atoms with van der Waals surface area (Å²) in [5.74, 6) is 1.06. The fourth-order valence-corrected chi connectivity index (χ4v) is 3.25. The van der Waals surface area contributed by atoms with Crippen molar-refractivity contribution < 1.29 is 0 Å². The van der Waals surface area contributed by atoms with Crippen LogP contribution in [0.4, 0.5) is 0 Å². The SMILES string of the molecule is CN=C(NCCn1ccnc1)N1CCC2(CCC2)C1. The van der Waals surface area contributed by atoms with Crippen molar-refractivity contribution in [2.24, 2.45) is 10.4 Å². The van der Waals surface area contributed by atoms with Crippen molar-refractivity contribution in [3.8, 4) is 0 Å². The summed E-state index contributed by atoms with van der Waals surface area (Å²) in [6.45, 7) is 4.17. The third-order valence-corrected chi connectivity index (χ3v) is 4.58. The normalized spacial score (nSPS) is 21.7. The van der Waals surface area contributed by atoms with Crippen molar-refractivity contribution in [3.05, 3.63) is 18.7 Å². The number of imidazole rings is 1.